The first-order valence-corrected chi connectivity index (χ1v) is 9.02. The lowest BCUT2D eigenvalue weighted by Gasteiger charge is -2.08. The van der Waals surface area contributed by atoms with Crippen LogP contribution in [0.15, 0.2) is 18.2 Å². The summed E-state index contributed by atoms with van der Waals surface area (Å²) in [5, 5.41) is 0. The van der Waals surface area contributed by atoms with Crippen LogP contribution in [0.3, 0.4) is 0 Å². The van der Waals surface area contributed by atoms with Crippen molar-refractivity contribution in [3.63, 3.8) is 0 Å². The molecule has 0 saturated heterocycles. The molecule has 104 valence electrons. The van der Waals surface area contributed by atoms with E-state index in [0.717, 1.165) is 23.1 Å². The van der Waals surface area contributed by atoms with Gasteiger partial charge >= 0.3 is 0 Å². The van der Waals surface area contributed by atoms with E-state index in [1.54, 1.807) is 6.07 Å². The lowest BCUT2D eigenvalue weighted by molar-refractivity contribution is 0.596. The van der Waals surface area contributed by atoms with E-state index in [9.17, 15) is 8.42 Å². The maximum absolute atomic E-state index is 12.0. The van der Waals surface area contributed by atoms with Crippen LogP contribution in [0.25, 0.3) is 10.2 Å². The minimum atomic E-state index is -3.29. The summed E-state index contributed by atoms with van der Waals surface area (Å²) in [6.07, 6.45) is 2.61. The minimum Gasteiger partial charge on any atom is -0.335 e. The van der Waals surface area contributed by atoms with E-state index < -0.39 is 10.0 Å². The number of hydrogen-bond donors (Lipinski definition) is 2. The third kappa shape index (κ3) is 3.77. The highest BCUT2D eigenvalue weighted by molar-refractivity contribution is 7.92. The largest absolute Gasteiger partial charge is 0.335 e. The van der Waals surface area contributed by atoms with Crippen LogP contribution >= 0.6 is 23.6 Å². The highest BCUT2D eigenvalue weighted by Crippen LogP contribution is 2.27. The van der Waals surface area contributed by atoms with Gasteiger partial charge in [-0.1, -0.05) is 25.8 Å². The molecule has 4 nitrogen and oxygen atoms in total. The van der Waals surface area contributed by atoms with Gasteiger partial charge in [0.1, 0.15) is 0 Å². The third-order valence-corrected chi connectivity index (χ3v) is 5.29. The van der Waals surface area contributed by atoms with Crippen LogP contribution in [0.2, 0.25) is 0 Å². The molecule has 0 aliphatic heterocycles. The molecule has 1 aromatic carbocycles. The van der Waals surface area contributed by atoms with Crippen molar-refractivity contribution in [3.05, 3.63) is 22.2 Å². The number of sulfonamides is 1. The molecule has 2 rings (SSSR count). The Morgan fingerprint density at radius 3 is 2.89 bits per heavy atom. The summed E-state index contributed by atoms with van der Waals surface area (Å²) >= 11 is 6.52. The van der Waals surface area contributed by atoms with Gasteiger partial charge in [-0.05, 0) is 30.8 Å². The van der Waals surface area contributed by atoms with Crippen LogP contribution in [-0.2, 0) is 10.0 Å². The van der Waals surface area contributed by atoms with Crippen molar-refractivity contribution in [2.75, 3.05) is 10.5 Å². The van der Waals surface area contributed by atoms with Crippen molar-refractivity contribution in [1.29, 1.82) is 0 Å². The molecule has 0 aliphatic rings. The molecule has 7 heteroatoms. The lowest BCUT2D eigenvalue weighted by atomic mass is 10.3. The molecule has 0 atom stereocenters. The van der Waals surface area contributed by atoms with Gasteiger partial charge < -0.3 is 4.98 Å². The Labute approximate surface area is 121 Å². The van der Waals surface area contributed by atoms with E-state index in [0.29, 0.717) is 16.1 Å². The van der Waals surface area contributed by atoms with Crippen LogP contribution in [0, 0.1) is 3.95 Å². The third-order valence-electron chi connectivity index (χ3n) is 2.74. The van der Waals surface area contributed by atoms with Crippen LogP contribution < -0.4 is 4.72 Å². The maximum atomic E-state index is 12.0. The van der Waals surface area contributed by atoms with Crippen molar-refractivity contribution in [1.82, 2.24) is 4.98 Å². The number of unbranched alkanes of at least 4 members (excludes halogenated alkanes) is 2. The zero-order valence-corrected chi connectivity index (χ0v) is 13.1. The maximum Gasteiger partial charge on any atom is 0.232 e. The number of benzene rings is 1. The second-order valence-corrected chi connectivity index (χ2v) is 7.88. The van der Waals surface area contributed by atoms with E-state index in [1.165, 1.54) is 11.3 Å². The van der Waals surface area contributed by atoms with E-state index in [4.69, 9.17) is 12.2 Å². The number of aromatic nitrogens is 1. The molecule has 0 aliphatic carbocycles. The Morgan fingerprint density at radius 1 is 1.37 bits per heavy atom. The molecule has 2 N–H and O–H groups in total. The zero-order valence-electron chi connectivity index (χ0n) is 10.6. The number of rotatable bonds is 6. The molecule has 0 amide bonds. The summed E-state index contributed by atoms with van der Waals surface area (Å²) in [6, 6.07) is 5.49. The predicted molar refractivity (Wildman–Crippen MR) is 83.9 cm³/mol. The molecule has 1 aromatic heterocycles. The van der Waals surface area contributed by atoms with Crippen molar-refractivity contribution in [3.8, 4) is 0 Å². The molecular weight excluding hydrogens is 300 g/mol. The Morgan fingerprint density at radius 2 is 2.16 bits per heavy atom. The van der Waals surface area contributed by atoms with Crippen molar-refractivity contribution in [2.45, 2.75) is 26.2 Å². The second-order valence-electron chi connectivity index (χ2n) is 4.32. The fraction of sp³-hybridized carbons (Fsp3) is 0.417. The summed E-state index contributed by atoms with van der Waals surface area (Å²) in [4.78, 5) is 3.02. The van der Waals surface area contributed by atoms with Gasteiger partial charge in [0.25, 0.3) is 0 Å². The fourth-order valence-electron chi connectivity index (χ4n) is 1.82. The highest BCUT2D eigenvalue weighted by atomic mass is 32.2. The second kappa shape index (κ2) is 6.02. The number of hydrogen-bond acceptors (Lipinski definition) is 4. The number of nitrogens with one attached hydrogen (secondary N) is 2. The number of H-pyrrole nitrogens is 1. The average Bonchev–Trinajstić information content (AvgIpc) is 2.70. The highest BCUT2D eigenvalue weighted by Gasteiger charge is 2.12. The van der Waals surface area contributed by atoms with Crippen LogP contribution in [-0.4, -0.2) is 19.2 Å². The first-order valence-electron chi connectivity index (χ1n) is 6.14. The monoisotopic (exact) mass is 316 g/mol. The molecule has 19 heavy (non-hydrogen) atoms. The molecule has 2 aromatic rings. The van der Waals surface area contributed by atoms with Crippen molar-refractivity contribution in [2.24, 2.45) is 0 Å². The topological polar surface area (TPSA) is 62.0 Å². The summed E-state index contributed by atoms with van der Waals surface area (Å²) in [5.74, 6) is 0.155. The van der Waals surface area contributed by atoms with E-state index in [1.807, 2.05) is 19.1 Å². The van der Waals surface area contributed by atoms with Crippen LogP contribution in [0.5, 0.6) is 0 Å². The van der Waals surface area contributed by atoms with Crippen molar-refractivity contribution >= 4 is 49.5 Å². The summed E-state index contributed by atoms with van der Waals surface area (Å²) in [5.41, 5.74) is 1.33. The quantitative estimate of drug-likeness (QED) is 0.628. The van der Waals surface area contributed by atoms with E-state index >= 15 is 0 Å². The van der Waals surface area contributed by atoms with Gasteiger partial charge in [-0.2, -0.15) is 0 Å². The van der Waals surface area contributed by atoms with E-state index in [2.05, 4.69) is 9.71 Å². The number of anilines is 1. The smallest absolute Gasteiger partial charge is 0.232 e. The Balaban J connectivity index is 2.23. The number of para-hydroxylation sites is 1. The predicted octanol–water partition coefficient (Wildman–Crippen LogP) is 3.89. The molecular formula is C12H16N2O2S3. The van der Waals surface area contributed by atoms with Gasteiger partial charge in [0.2, 0.25) is 10.0 Å². The Kier molecular flexibility index (Phi) is 4.59. The van der Waals surface area contributed by atoms with E-state index in [-0.39, 0.29) is 5.75 Å². The summed E-state index contributed by atoms with van der Waals surface area (Å²) in [7, 11) is -3.29. The van der Waals surface area contributed by atoms with Crippen molar-refractivity contribution < 1.29 is 8.42 Å². The number of aromatic amines is 1. The molecule has 0 unspecified atom stereocenters. The average molecular weight is 316 g/mol. The lowest BCUT2D eigenvalue weighted by Crippen LogP contribution is -2.16. The van der Waals surface area contributed by atoms with Gasteiger partial charge in [0.05, 0.1) is 21.7 Å². The van der Waals surface area contributed by atoms with Gasteiger partial charge in [-0.3, -0.25) is 4.72 Å². The number of fused-ring (bicyclic) bond motifs is 1. The molecule has 0 saturated carbocycles. The molecule has 0 spiro atoms. The van der Waals surface area contributed by atoms with Gasteiger partial charge in [-0.25, -0.2) is 8.42 Å². The molecule has 0 bridgehead atoms. The van der Waals surface area contributed by atoms with Gasteiger partial charge in [-0.15, -0.1) is 11.3 Å². The molecule has 0 fully saturated rings. The Hall–Kier alpha value is -0.920. The SMILES string of the molecule is CCCCCS(=O)(=O)Nc1cccc2sc(=S)[nH]c12. The summed E-state index contributed by atoms with van der Waals surface area (Å²) < 4.78 is 28.2. The zero-order chi connectivity index (χ0) is 13.9. The normalized spacial score (nSPS) is 11.8. The first kappa shape index (κ1) is 14.5. The standard InChI is InChI=1S/C12H16N2O2S3/c1-2-3-4-8-19(15,16)14-9-6-5-7-10-11(9)13-12(17)18-10/h5-7,14H,2-4,8H2,1H3,(H,13,17). The fourth-order valence-corrected chi connectivity index (χ4v) is 4.14. The molecule has 1 heterocycles. The number of thiazole rings is 1. The first-order chi connectivity index (χ1) is 9.02. The van der Waals surface area contributed by atoms with Gasteiger partial charge in [0, 0.05) is 0 Å². The van der Waals surface area contributed by atoms with Crippen LogP contribution in [0.4, 0.5) is 5.69 Å². The summed E-state index contributed by atoms with van der Waals surface area (Å²) in [6.45, 7) is 2.05. The minimum absolute atomic E-state index is 0.155. The van der Waals surface area contributed by atoms with Gasteiger partial charge in [0.15, 0.2) is 3.95 Å². The van der Waals surface area contributed by atoms with Crippen LogP contribution in [0.1, 0.15) is 26.2 Å². The Bertz CT molecular complexity index is 716. The molecule has 0 radical (unpaired) electrons.